The smallest absolute Gasteiger partial charge is 0.319 e. The second-order valence-corrected chi connectivity index (χ2v) is 5.69. The molecule has 4 heteroatoms. The lowest BCUT2D eigenvalue weighted by Gasteiger charge is -2.21. The van der Waals surface area contributed by atoms with Gasteiger partial charge >= 0.3 is 6.03 Å². The van der Waals surface area contributed by atoms with E-state index in [1.54, 1.807) is 12.1 Å². The van der Waals surface area contributed by atoms with Crippen LogP contribution >= 0.6 is 0 Å². The van der Waals surface area contributed by atoms with Crippen molar-refractivity contribution in [3.63, 3.8) is 0 Å². The third kappa shape index (κ3) is 4.44. The summed E-state index contributed by atoms with van der Waals surface area (Å²) in [6, 6.07) is 4.96. The Morgan fingerprint density at radius 1 is 1.30 bits per heavy atom. The van der Waals surface area contributed by atoms with Crippen molar-refractivity contribution in [2.24, 2.45) is 5.92 Å². The van der Waals surface area contributed by atoms with Crippen LogP contribution in [-0.2, 0) is 0 Å². The van der Waals surface area contributed by atoms with Crippen LogP contribution in [0.15, 0.2) is 18.2 Å². The van der Waals surface area contributed by atoms with Crippen molar-refractivity contribution in [3.05, 3.63) is 23.8 Å². The van der Waals surface area contributed by atoms with Gasteiger partial charge in [0, 0.05) is 6.54 Å². The van der Waals surface area contributed by atoms with Crippen molar-refractivity contribution in [2.75, 3.05) is 11.9 Å². The molecular formula is C16H24N2O2. The Morgan fingerprint density at radius 2 is 2.05 bits per heavy atom. The van der Waals surface area contributed by atoms with Crippen LogP contribution in [0.25, 0.3) is 0 Å². The topological polar surface area (TPSA) is 61.4 Å². The molecule has 0 radical (unpaired) electrons. The molecule has 0 bridgehead atoms. The highest BCUT2D eigenvalue weighted by Crippen LogP contribution is 2.26. The first-order valence-electron chi connectivity index (χ1n) is 7.49. The Morgan fingerprint density at radius 3 is 2.75 bits per heavy atom. The van der Waals surface area contributed by atoms with Gasteiger partial charge in [0.2, 0.25) is 0 Å². The van der Waals surface area contributed by atoms with Crippen LogP contribution in [0.1, 0.15) is 44.1 Å². The van der Waals surface area contributed by atoms with Gasteiger partial charge in [-0.2, -0.15) is 0 Å². The number of carbonyl (C=O) groups is 1. The number of rotatable bonds is 4. The number of urea groups is 1. The van der Waals surface area contributed by atoms with Gasteiger partial charge in [-0.3, -0.25) is 0 Å². The molecule has 0 heterocycles. The van der Waals surface area contributed by atoms with Gasteiger partial charge in [0.25, 0.3) is 0 Å². The van der Waals surface area contributed by atoms with Crippen LogP contribution in [-0.4, -0.2) is 17.7 Å². The predicted octanol–water partition coefficient (Wildman–Crippen LogP) is 3.79. The third-order valence-electron chi connectivity index (χ3n) is 3.96. The molecular weight excluding hydrogens is 252 g/mol. The fourth-order valence-corrected chi connectivity index (χ4v) is 2.78. The number of aromatic hydroxyl groups is 1. The largest absolute Gasteiger partial charge is 0.506 e. The first-order valence-corrected chi connectivity index (χ1v) is 7.49. The first-order chi connectivity index (χ1) is 9.65. The minimum absolute atomic E-state index is 0.104. The van der Waals surface area contributed by atoms with Gasteiger partial charge in [0.15, 0.2) is 0 Å². The molecule has 110 valence electrons. The van der Waals surface area contributed by atoms with E-state index >= 15 is 0 Å². The number of nitrogens with one attached hydrogen (secondary N) is 2. The monoisotopic (exact) mass is 276 g/mol. The molecule has 2 amide bonds. The highest BCUT2D eigenvalue weighted by Gasteiger charge is 2.13. The predicted molar refractivity (Wildman–Crippen MR) is 81.1 cm³/mol. The summed E-state index contributed by atoms with van der Waals surface area (Å²) in [5.41, 5.74) is 1.41. The second kappa shape index (κ2) is 7.17. The Balaban J connectivity index is 1.72. The second-order valence-electron chi connectivity index (χ2n) is 5.69. The van der Waals surface area contributed by atoms with Gasteiger partial charge in [-0.25, -0.2) is 4.79 Å². The Kier molecular flexibility index (Phi) is 5.27. The maximum absolute atomic E-state index is 11.8. The number of carbonyl (C=O) groups excluding carboxylic acids is 1. The normalized spacial score (nSPS) is 15.8. The van der Waals surface area contributed by atoms with E-state index in [-0.39, 0.29) is 11.8 Å². The quantitative estimate of drug-likeness (QED) is 0.733. The van der Waals surface area contributed by atoms with E-state index < -0.39 is 0 Å². The zero-order valence-corrected chi connectivity index (χ0v) is 12.1. The van der Waals surface area contributed by atoms with Crippen molar-refractivity contribution < 1.29 is 9.90 Å². The summed E-state index contributed by atoms with van der Waals surface area (Å²) in [7, 11) is 0. The molecule has 0 saturated heterocycles. The average Bonchev–Trinajstić information content (AvgIpc) is 2.43. The van der Waals surface area contributed by atoms with Gasteiger partial charge in [-0.05, 0) is 37.0 Å². The Hall–Kier alpha value is -1.71. The van der Waals surface area contributed by atoms with E-state index in [9.17, 15) is 9.90 Å². The van der Waals surface area contributed by atoms with Gasteiger partial charge in [-0.15, -0.1) is 0 Å². The Bertz CT molecular complexity index is 454. The summed E-state index contributed by atoms with van der Waals surface area (Å²) < 4.78 is 0. The highest BCUT2D eigenvalue weighted by atomic mass is 16.3. The Labute approximate surface area is 120 Å². The molecule has 1 aliphatic rings. The molecule has 4 nitrogen and oxygen atoms in total. The summed E-state index contributed by atoms with van der Waals surface area (Å²) in [6.45, 7) is 2.59. The van der Waals surface area contributed by atoms with E-state index in [0.29, 0.717) is 12.2 Å². The lowest BCUT2D eigenvalue weighted by molar-refractivity contribution is 0.250. The van der Waals surface area contributed by atoms with Crippen LogP contribution in [0.2, 0.25) is 0 Å². The molecule has 1 aromatic carbocycles. The van der Waals surface area contributed by atoms with Crippen molar-refractivity contribution in [3.8, 4) is 5.75 Å². The van der Waals surface area contributed by atoms with Crippen LogP contribution in [0.3, 0.4) is 0 Å². The van der Waals surface area contributed by atoms with Crippen LogP contribution in [0, 0.1) is 12.8 Å². The summed E-state index contributed by atoms with van der Waals surface area (Å²) in [6.07, 6.45) is 7.65. The van der Waals surface area contributed by atoms with Crippen molar-refractivity contribution >= 4 is 11.7 Å². The average molecular weight is 276 g/mol. The first kappa shape index (κ1) is 14.7. The van der Waals surface area contributed by atoms with Crippen molar-refractivity contribution in [2.45, 2.75) is 45.4 Å². The van der Waals surface area contributed by atoms with Gasteiger partial charge in [0.05, 0.1) is 5.69 Å². The minimum Gasteiger partial charge on any atom is -0.506 e. The van der Waals surface area contributed by atoms with Gasteiger partial charge in [0.1, 0.15) is 5.75 Å². The summed E-state index contributed by atoms with van der Waals surface area (Å²) in [5.74, 6) is 0.865. The number of benzene rings is 1. The molecule has 0 unspecified atom stereocenters. The molecule has 0 spiro atoms. The van der Waals surface area contributed by atoms with Crippen LogP contribution < -0.4 is 10.6 Å². The SMILES string of the molecule is Cc1ccc(NC(=O)NCCC2CCCCC2)c(O)c1. The zero-order chi connectivity index (χ0) is 14.4. The van der Waals surface area contributed by atoms with Crippen LogP contribution in [0.5, 0.6) is 5.75 Å². The maximum atomic E-state index is 11.8. The van der Waals surface area contributed by atoms with Crippen molar-refractivity contribution in [1.82, 2.24) is 5.32 Å². The summed E-state index contributed by atoms with van der Waals surface area (Å²) in [4.78, 5) is 11.8. The molecule has 0 aromatic heterocycles. The van der Waals surface area contributed by atoms with E-state index in [2.05, 4.69) is 10.6 Å². The standard InChI is InChI=1S/C16H24N2O2/c1-12-7-8-14(15(19)11-12)18-16(20)17-10-9-13-5-3-2-4-6-13/h7-8,11,13,19H,2-6,9-10H2,1H3,(H2,17,18,20). The fraction of sp³-hybridized carbons (Fsp3) is 0.562. The molecule has 1 aliphatic carbocycles. The van der Waals surface area contributed by atoms with E-state index in [0.717, 1.165) is 17.9 Å². The number of amides is 2. The summed E-state index contributed by atoms with van der Waals surface area (Å²) >= 11 is 0. The van der Waals surface area contributed by atoms with Crippen LogP contribution in [0.4, 0.5) is 10.5 Å². The summed E-state index contributed by atoms with van der Waals surface area (Å²) in [5, 5.41) is 15.3. The molecule has 20 heavy (non-hydrogen) atoms. The van der Waals surface area contributed by atoms with E-state index in [1.165, 1.54) is 32.1 Å². The highest BCUT2D eigenvalue weighted by molar-refractivity contribution is 5.90. The molecule has 0 atom stereocenters. The molecule has 2 rings (SSSR count). The number of hydrogen-bond acceptors (Lipinski definition) is 2. The van der Waals surface area contributed by atoms with Crippen molar-refractivity contribution in [1.29, 1.82) is 0 Å². The third-order valence-corrected chi connectivity index (χ3v) is 3.96. The van der Waals surface area contributed by atoms with Gasteiger partial charge < -0.3 is 15.7 Å². The van der Waals surface area contributed by atoms with E-state index in [1.807, 2.05) is 13.0 Å². The lowest BCUT2D eigenvalue weighted by atomic mass is 9.87. The van der Waals surface area contributed by atoms with E-state index in [4.69, 9.17) is 0 Å². The minimum atomic E-state index is -0.250. The molecule has 1 fully saturated rings. The maximum Gasteiger partial charge on any atom is 0.319 e. The van der Waals surface area contributed by atoms with Gasteiger partial charge in [-0.1, -0.05) is 38.2 Å². The number of aryl methyl sites for hydroxylation is 1. The number of anilines is 1. The molecule has 0 aliphatic heterocycles. The molecule has 3 N–H and O–H groups in total. The fourth-order valence-electron chi connectivity index (χ4n) is 2.78. The number of hydrogen-bond donors (Lipinski definition) is 3. The zero-order valence-electron chi connectivity index (χ0n) is 12.1. The molecule has 1 saturated carbocycles. The number of phenols is 1. The number of phenolic OH excluding ortho intramolecular Hbond substituents is 1. The lowest BCUT2D eigenvalue weighted by Crippen LogP contribution is -2.30. The molecule has 1 aromatic rings.